The number of nitrogens with one attached hydrogen (secondary N) is 3. The van der Waals surface area contributed by atoms with Gasteiger partial charge in [0.2, 0.25) is 5.88 Å². The fourth-order valence-corrected chi connectivity index (χ4v) is 2.99. The Morgan fingerprint density at radius 3 is 2.93 bits per heavy atom. The van der Waals surface area contributed by atoms with Gasteiger partial charge < -0.3 is 20.7 Å². The predicted octanol–water partition coefficient (Wildman–Crippen LogP) is 2.29. The summed E-state index contributed by atoms with van der Waals surface area (Å²) >= 11 is 0. The molecule has 5 rings (SSSR count). The lowest BCUT2D eigenvalue weighted by atomic mass is 10.3. The third-order valence-electron chi connectivity index (χ3n) is 4.84. The zero-order valence-corrected chi connectivity index (χ0v) is 15.7. The number of pyridine rings is 1. The number of hydrogen-bond acceptors (Lipinski definition) is 7. The number of carbonyl (C=O) groups is 1. The summed E-state index contributed by atoms with van der Waals surface area (Å²) in [5.41, 5.74) is 1.33. The van der Waals surface area contributed by atoms with Crippen molar-refractivity contribution >= 4 is 28.9 Å². The van der Waals surface area contributed by atoms with E-state index in [4.69, 9.17) is 4.74 Å². The second-order valence-electron chi connectivity index (χ2n) is 7.20. The van der Waals surface area contributed by atoms with E-state index in [1.54, 1.807) is 25.4 Å². The van der Waals surface area contributed by atoms with Gasteiger partial charge >= 0.3 is 0 Å². The molecular formula is C19H20FN7O2. The van der Waals surface area contributed by atoms with Crippen molar-refractivity contribution in [2.24, 2.45) is 0 Å². The van der Waals surface area contributed by atoms with Gasteiger partial charge in [0.1, 0.15) is 35.2 Å². The van der Waals surface area contributed by atoms with Crippen LogP contribution in [0.5, 0.6) is 5.88 Å². The zero-order valence-electron chi connectivity index (χ0n) is 15.7. The molecule has 10 heteroatoms. The molecule has 2 aliphatic carbocycles. The molecule has 9 nitrogen and oxygen atoms in total. The third-order valence-corrected chi connectivity index (χ3v) is 4.84. The number of nitrogens with zero attached hydrogens (tertiary/aromatic N) is 4. The predicted molar refractivity (Wildman–Crippen MR) is 104 cm³/mol. The minimum Gasteiger partial charge on any atom is -0.473 e. The van der Waals surface area contributed by atoms with Gasteiger partial charge in [0.25, 0.3) is 5.91 Å². The van der Waals surface area contributed by atoms with E-state index >= 15 is 0 Å². The third kappa shape index (κ3) is 3.53. The van der Waals surface area contributed by atoms with Crippen molar-refractivity contribution < 1.29 is 13.9 Å². The van der Waals surface area contributed by atoms with E-state index in [0.717, 1.165) is 12.8 Å². The van der Waals surface area contributed by atoms with Gasteiger partial charge in [-0.05, 0) is 25.0 Å². The lowest BCUT2D eigenvalue weighted by Gasteiger charge is -2.13. The summed E-state index contributed by atoms with van der Waals surface area (Å²) in [6.07, 6.45) is 4.74. The Kier molecular flexibility index (Phi) is 4.18. The van der Waals surface area contributed by atoms with Crippen LogP contribution < -0.4 is 20.7 Å². The molecule has 3 aromatic heterocycles. The number of fused-ring (bicyclic) bond motifs is 1. The first-order valence-electron chi connectivity index (χ1n) is 9.52. The fourth-order valence-electron chi connectivity index (χ4n) is 2.99. The van der Waals surface area contributed by atoms with Crippen LogP contribution in [-0.4, -0.2) is 50.9 Å². The highest BCUT2D eigenvalue weighted by atomic mass is 19.1. The Hall–Kier alpha value is -3.43. The molecule has 1 amide bonds. The van der Waals surface area contributed by atoms with Crippen molar-refractivity contribution in [3.8, 4) is 5.88 Å². The molecule has 2 aliphatic rings. The maximum Gasteiger partial charge on any atom is 0.257 e. The first kappa shape index (κ1) is 17.7. The van der Waals surface area contributed by atoms with E-state index in [1.165, 1.54) is 10.7 Å². The lowest BCUT2D eigenvalue weighted by molar-refractivity contribution is 0.0949. The van der Waals surface area contributed by atoms with Gasteiger partial charge in [-0.1, -0.05) is 0 Å². The lowest BCUT2D eigenvalue weighted by Crippen LogP contribution is -2.27. The highest BCUT2D eigenvalue weighted by Crippen LogP contribution is 2.32. The molecule has 29 heavy (non-hydrogen) atoms. The van der Waals surface area contributed by atoms with Crippen molar-refractivity contribution in [3.05, 3.63) is 36.2 Å². The molecule has 2 saturated carbocycles. The summed E-state index contributed by atoms with van der Waals surface area (Å²) in [4.78, 5) is 21.4. The van der Waals surface area contributed by atoms with Crippen molar-refractivity contribution in [2.45, 2.75) is 37.6 Å². The number of alkyl halides is 1. The molecule has 150 valence electrons. The Labute approximate surface area is 165 Å². The Morgan fingerprint density at radius 1 is 1.38 bits per heavy atom. The number of amides is 1. The summed E-state index contributed by atoms with van der Waals surface area (Å²) < 4.78 is 20.5. The quantitative estimate of drug-likeness (QED) is 0.562. The molecule has 0 aromatic carbocycles. The van der Waals surface area contributed by atoms with Gasteiger partial charge in [0.15, 0.2) is 5.65 Å². The maximum absolute atomic E-state index is 13.2. The SMILES string of the molecule is CNc1cc(Nc2cccnc2OC2CC2)nc2c(C(=O)N[C@H]3C[C@H]3F)cnn12. The van der Waals surface area contributed by atoms with Crippen molar-refractivity contribution in [2.75, 3.05) is 17.7 Å². The summed E-state index contributed by atoms with van der Waals surface area (Å²) in [5.74, 6) is 1.26. The number of rotatable bonds is 7. The molecule has 0 bridgehead atoms. The van der Waals surface area contributed by atoms with Gasteiger partial charge in [-0.25, -0.2) is 14.4 Å². The van der Waals surface area contributed by atoms with Crippen LogP contribution >= 0.6 is 0 Å². The summed E-state index contributed by atoms with van der Waals surface area (Å²) in [6, 6.07) is 5.00. The minimum atomic E-state index is -0.977. The average Bonchev–Trinajstić information content (AvgIpc) is 3.62. The number of hydrogen-bond donors (Lipinski definition) is 3. The fraction of sp³-hybridized carbons (Fsp3) is 0.368. The average molecular weight is 397 g/mol. The number of anilines is 3. The van der Waals surface area contributed by atoms with Crippen LogP contribution in [-0.2, 0) is 0 Å². The van der Waals surface area contributed by atoms with E-state index in [-0.39, 0.29) is 11.7 Å². The second-order valence-corrected chi connectivity index (χ2v) is 7.20. The minimum absolute atomic E-state index is 0.209. The topological polar surface area (TPSA) is 105 Å². The van der Waals surface area contributed by atoms with Crippen molar-refractivity contribution in [1.82, 2.24) is 24.9 Å². The van der Waals surface area contributed by atoms with Gasteiger partial charge in [-0.2, -0.15) is 9.61 Å². The van der Waals surface area contributed by atoms with Gasteiger partial charge in [-0.15, -0.1) is 0 Å². The Morgan fingerprint density at radius 2 is 2.21 bits per heavy atom. The van der Waals surface area contributed by atoms with E-state index in [2.05, 4.69) is 31.0 Å². The van der Waals surface area contributed by atoms with Gasteiger partial charge in [-0.3, -0.25) is 4.79 Å². The zero-order chi connectivity index (χ0) is 20.0. The van der Waals surface area contributed by atoms with Gasteiger partial charge in [0.05, 0.1) is 12.2 Å². The molecule has 3 N–H and O–H groups in total. The first-order valence-corrected chi connectivity index (χ1v) is 9.52. The van der Waals surface area contributed by atoms with Crippen LogP contribution in [0.3, 0.4) is 0 Å². The smallest absolute Gasteiger partial charge is 0.257 e. The molecule has 2 atom stereocenters. The Balaban J connectivity index is 1.48. The highest BCUT2D eigenvalue weighted by Gasteiger charge is 2.39. The molecule has 2 fully saturated rings. The highest BCUT2D eigenvalue weighted by molar-refractivity contribution is 6.00. The molecule has 3 heterocycles. The Bertz CT molecular complexity index is 1080. The van der Waals surface area contributed by atoms with E-state index in [9.17, 15) is 9.18 Å². The van der Waals surface area contributed by atoms with E-state index < -0.39 is 18.1 Å². The second kappa shape index (κ2) is 6.87. The maximum atomic E-state index is 13.2. The molecule has 0 saturated heterocycles. The molecular weight excluding hydrogens is 377 g/mol. The number of ether oxygens (including phenoxy) is 1. The normalized spacial score (nSPS) is 20.3. The molecule has 0 spiro atoms. The van der Waals surface area contributed by atoms with Crippen LogP contribution in [0.25, 0.3) is 5.65 Å². The summed E-state index contributed by atoms with van der Waals surface area (Å²) in [7, 11) is 1.75. The van der Waals surface area contributed by atoms with Crippen molar-refractivity contribution in [1.29, 1.82) is 0 Å². The van der Waals surface area contributed by atoms with Crippen LogP contribution in [0, 0.1) is 0 Å². The van der Waals surface area contributed by atoms with Crippen LogP contribution in [0.15, 0.2) is 30.6 Å². The molecule has 0 unspecified atom stereocenters. The number of carbonyl (C=O) groups excluding carboxylic acids is 1. The van der Waals surface area contributed by atoms with Crippen LogP contribution in [0.2, 0.25) is 0 Å². The number of aromatic nitrogens is 4. The van der Waals surface area contributed by atoms with Crippen LogP contribution in [0.4, 0.5) is 21.7 Å². The molecule has 3 aromatic rings. The first-order chi connectivity index (χ1) is 14.1. The monoisotopic (exact) mass is 397 g/mol. The largest absolute Gasteiger partial charge is 0.473 e. The van der Waals surface area contributed by atoms with Gasteiger partial charge in [0, 0.05) is 25.7 Å². The van der Waals surface area contributed by atoms with Crippen LogP contribution in [0.1, 0.15) is 29.6 Å². The van der Waals surface area contributed by atoms with E-state index in [0.29, 0.717) is 35.3 Å². The van der Waals surface area contributed by atoms with Crippen molar-refractivity contribution in [3.63, 3.8) is 0 Å². The number of halogens is 1. The molecule has 0 aliphatic heterocycles. The summed E-state index contributed by atoms with van der Waals surface area (Å²) in [5, 5.41) is 13.2. The molecule has 0 radical (unpaired) electrons. The van der Waals surface area contributed by atoms with E-state index in [1.807, 2.05) is 6.07 Å². The summed E-state index contributed by atoms with van der Waals surface area (Å²) in [6.45, 7) is 0. The standard InChI is InChI=1S/C19H20FN7O2/c1-21-16-8-15(24-13-3-2-6-22-19(13)29-10-4-5-10)26-17-11(9-23-27(16)17)18(28)25-14-7-12(14)20/h2-3,6,8-10,12,14,21H,4-5,7H2,1H3,(H,24,26)(H,25,28)/t12-,14+/m1/s1.